The Morgan fingerprint density at radius 2 is 2.29 bits per heavy atom. The molecule has 2 aliphatic rings. The first kappa shape index (κ1) is 9.97. The van der Waals surface area contributed by atoms with Crippen LogP contribution < -0.4 is 5.32 Å². The first-order valence-electron chi connectivity index (χ1n) is 5.84. The highest BCUT2D eigenvalue weighted by atomic mass is 16.5. The lowest BCUT2D eigenvalue weighted by atomic mass is 10.1. The number of nitrogens with one attached hydrogen (secondary N) is 1. The van der Waals surface area contributed by atoms with Gasteiger partial charge in [0.2, 0.25) is 0 Å². The van der Waals surface area contributed by atoms with Crippen molar-refractivity contribution in [2.24, 2.45) is 4.99 Å². The molecule has 0 radical (unpaired) electrons. The largest absolute Gasteiger partial charge is 0.376 e. The minimum absolute atomic E-state index is 0.424. The Morgan fingerprint density at radius 1 is 1.29 bits per heavy atom. The van der Waals surface area contributed by atoms with E-state index in [1.54, 1.807) is 0 Å². The van der Waals surface area contributed by atoms with Gasteiger partial charge in [-0.1, -0.05) is 0 Å². The highest BCUT2D eigenvalue weighted by molar-refractivity contribution is 5.82. The fourth-order valence-electron chi connectivity index (χ4n) is 2.04. The Hall–Kier alpha value is -0.570. The van der Waals surface area contributed by atoms with Crippen LogP contribution in [-0.4, -0.2) is 31.6 Å². The second-order valence-electron chi connectivity index (χ2n) is 4.16. The van der Waals surface area contributed by atoms with Gasteiger partial charge in [0.15, 0.2) is 0 Å². The van der Waals surface area contributed by atoms with Gasteiger partial charge >= 0.3 is 0 Å². The minimum Gasteiger partial charge on any atom is -0.376 e. The molecule has 0 spiro atoms. The number of nitrogens with zero attached hydrogens (tertiary/aromatic N) is 1. The Morgan fingerprint density at radius 3 is 3.00 bits per heavy atom. The van der Waals surface area contributed by atoms with Crippen LogP contribution in [0.2, 0.25) is 0 Å². The molecule has 3 heteroatoms. The maximum Gasteiger partial charge on any atom is 0.0963 e. The van der Waals surface area contributed by atoms with Crippen LogP contribution >= 0.6 is 0 Å². The van der Waals surface area contributed by atoms with E-state index in [1.165, 1.54) is 37.9 Å². The zero-order valence-electron chi connectivity index (χ0n) is 8.80. The lowest BCUT2D eigenvalue weighted by Crippen LogP contribution is -2.36. The van der Waals surface area contributed by atoms with E-state index in [4.69, 9.17) is 4.74 Å². The molecule has 80 valence electrons. The number of rotatable bonds is 2. The number of aliphatic imine (C=N–C) groups is 1. The summed E-state index contributed by atoms with van der Waals surface area (Å²) < 4.78 is 5.65. The summed E-state index contributed by atoms with van der Waals surface area (Å²) >= 11 is 0. The molecule has 2 heterocycles. The predicted octanol–water partition coefficient (Wildman–Crippen LogP) is 1.73. The summed E-state index contributed by atoms with van der Waals surface area (Å²) in [5.41, 5.74) is 0. The molecule has 0 amide bonds. The molecule has 1 fully saturated rings. The number of hydrogen-bond donors (Lipinski definition) is 1. The average Bonchev–Trinajstić information content (AvgIpc) is 2.29. The van der Waals surface area contributed by atoms with Gasteiger partial charge in [0.25, 0.3) is 0 Å². The van der Waals surface area contributed by atoms with Crippen molar-refractivity contribution in [3.8, 4) is 0 Å². The fraction of sp³-hybridized carbons (Fsp3) is 0.909. The van der Waals surface area contributed by atoms with Crippen LogP contribution in [0.1, 0.15) is 38.5 Å². The van der Waals surface area contributed by atoms with Crippen molar-refractivity contribution in [2.75, 3.05) is 19.7 Å². The SMILES string of the molecule is C1CCC(NCC2CCCCO2)=NC1. The molecule has 0 aromatic heterocycles. The van der Waals surface area contributed by atoms with Crippen molar-refractivity contribution in [2.45, 2.75) is 44.6 Å². The summed E-state index contributed by atoms with van der Waals surface area (Å²) in [5.74, 6) is 1.20. The second-order valence-corrected chi connectivity index (χ2v) is 4.16. The fourth-order valence-corrected chi connectivity index (χ4v) is 2.04. The molecule has 1 saturated heterocycles. The zero-order chi connectivity index (χ0) is 9.64. The van der Waals surface area contributed by atoms with Crippen LogP contribution in [0.3, 0.4) is 0 Å². The Kier molecular flexibility index (Phi) is 3.80. The third-order valence-corrected chi connectivity index (χ3v) is 2.93. The quantitative estimate of drug-likeness (QED) is 0.729. The highest BCUT2D eigenvalue weighted by Crippen LogP contribution is 2.12. The van der Waals surface area contributed by atoms with Crippen LogP contribution in [0.5, 0.6) is 0 Å². The molecule has 0 aromatic rings. The number of ether oxygens (including phenoxy) is 1. The molecule has 14 heavy (non-hydrogen) atoms. The van der Waals surface area contributed by atoms with Crippen LogP contribution in [0.15, 0.2) is 4.99 Å². The molecular formula is C11H20N2O. The molecule has 1 atom stereocenters. The van der Waals surface area contributed by atoms with Crippen molar-refractivity contribution in [1.82, 2.24) is 5.32 Å². The van der Waals surface area contributed by atoms with Crippen molar-refractivity contribution in [3.63, 3.8) is 0 Å². The summed E-state index contributed by atoms with van der Waals surface area (Å²) in [6, 6.07) is 0. The van der Waals surface area contributed by atoms with Crippen LogP contribution in [0.4, 0.5) is 0 Å². The third kappa shape index (κ3) is 2.98. The van der Waals surface area contributed by atoms with Crippen molar-refractivity contribution >= 4 is 5.84 Å². The predicted molar refractivity (Wildman–Crippen MR) is 57.7 cm³/mol. The van der Waals surface area contributed by atoms with E-state index < -0.39 is 0 Å². The molecule has 2 aliphatic heterocycles. The smallest absolute Gasteiger partial charge is 0.0963 e. The van der Waals surface area contributed by atoms with Gasteiger partial charge in [0.05, 0.1) is 11.9 Å². The van der Waals surface area contributed by atoms with Gasteiger partial charge in [0.1, 0.15) is 0 Å². The van der Waals surface area contributed by atoms with E-state index >= 15 is 0 Å². The van der Waals surface area contributed by atoms with Crippen molar-refractivity contribution in [1.29, 1.82) is 0 Å². The van der Waals surface area contributed by atoms with Crippen LogP contribution in [0, 0.1) is 0 Å². The Labute approximate surface area is 85.9 Å². The third-order valence-electron chi connectivity index (χ3n) is 2.93. The maximum absolute atomic E-state index is 5.65. The van der Waals surface area contributed by atoms with E-state index in [0.29, 0.717) is 6.10 Å². The molecule has 3 nitrogen and oxygen atoms in total. The number of amidine groups is 1. The molecule has 0 bridgehead atoms. The van der Waals surface area contributed by atoms with E-state index in [1.807, 2.05) is 0 Å². The summed E-state index contributed by atoms with van der Waals surface area (Å²) in [7, 11) is 0. The maximum atomic E-state index is 5.65. The van der Waals surface area contributed by atoms with E-state index in [9.17, 15) is 0 Å². The van der Waals surface area contributed by atoms with Crippen molar-refractivity contribution < 1.29 is 4.74 Å². The standard InChI is InChI=1S/C11H20N2O/c1-3-7-12-11(6-1)13-9-10-5-2-4-8-14-10/h10H,1-9H2,(H,12,13). The first-order valence-corrected chi connectivity index (χ1v) is 5.84. The summed E-state index contributed by atoms with van der Waals surface area (Å²) in [4.78, 5) is 4.46. The molecule has 0 aliphatic carbocycles. The molecule has 0 saturated carbocycles. The van der Waals surface area contributed by atoms with Gasteiger partial charge in [-0.3, -0.25) is 4.99 Å². The first-order chi connectivity index (χ1) is 6.95. The number of hydrogen-bond acceptors (Lipinski definition) is 3. The summed E-state index contributed by atoms with van der Waals surface area (Å²) in [5, 5.41) is 3.42. The lowest BCUT2D eigenvalue weighted by Gasteiger charge is -2.24. The van der Waals surface area contributed by atoms with Gasteiger partial charge < -0.3 is 10.1 Å². The highest BCUT2D eigenvalue weighted by Gasteiger charge is 2.14. The molecule has 1 unspecified atom stereocenters. The summed E-state index contributed by atoms with van der Waals surface area (Å²) in [6.45, 7) is 2.91. The normalized spacial score (nSPS) is 28.3. The molecule has 2 rings (SSSR count). The average molecular weight is 196 g/mol. The molecule has 1 N–H and O–H groups in total. The molecule has 0 aromatic carbocycles. The summed E-state index contributed by atoms with van der Waals surface area (Å²) in [6.07, 6.45) is 7.86. The van der Waals surface area contributed by atoms with Crippen molar-refractivity contribution in [3.05, 3.63) is 0 Å². The Bertz CT molecular complexity index is 197. The van der Waals surface area contributed by atoms with Crippen LogP contribution in [-0.2, 0) is 4.74 Å². The van der Waals surface area contributed by atoms with Gasteiger partial charge in [-0.2, -0.15) is 0 Å². The van der Waals surface area contributed by atoms with Crippen LogP contribution in [0.25, 0.3) is 0 Å². The monoisotopic (exact) mass is 196 g/mol. The topological polar surface area (TPSA) is 33.6 Å². The molecular weight excluding hydrogens is 176 g/mol. The van der Waals surface area contributed by atoms with Gasteiger partial charge in [-0.25, -0.2) is 0 Å². The van der Waals surface area contributed by atoms with E-state index in [0.717, 1.165) is 26.1 Å². The lowest BCUT2D eigenvalue weighted by molar-refractivity contribution is 0.0194. The Balaban J connectivity index is 1.67. The van der Waals surface area contributed by atoms with Gasteiger partial charge in [-0.05, 0) is 32.1 Å². The van der Waals surface area contributed by atoms with Gasteiger partial charge in [-0.15, -0.1) is 0 Å². The van der Waals surface area contributed by atoms with Gasteiger partial charge in [0, 0.05) is 26.1 Å². The zero-order valence-corrected chi connectivity index (χ0v) is 8.80. The van der Waals surface area contributed by atoms with E-state index in [-0.39, 0.29) is 0 Å². The minimum atomic E-state index is 0.424. The second kappa shape index (κ2) is 5.35. The van der Waals surface area contributed by atoms with E-state index in [2.05, 4.69) is 10.3 Å².